The molecule has 0 saturated heterocycles. The van der Waals surface area contributed by atoms with Gasteiger partial charge in [0.2, 0.25) is 0 Å². The zero-order chi connectivity index (χ0) is 13.2. The molecule has 1 aromatic carbocycles. The normalized spacial score (nSPS) is 12.4. The molecule has 1 rings (SSSR count). The zero-order valence-electron chi connectivity index (χ0n) is 11.7. The van der Waals surface area contributed by atoms with E-state index in [1.54, 1.807) is 7.11 Å². The minimum atomic E-state index is 0.339. The van der Waals surface area contributed by atoms with Crippen molar-refractivity contribution in [3.63, 3.8) is 0 Å². The number of nitrogens with one attached hydrogen (secondary N) is 1. The van der Waals surface area contributed by atoms with Crippen LogP contribution in [-0.4, -0.2) is 26.9 Å². The maximum atomic E-state index is 5.43. The van der Waals surface area contributed by atoms with Gasteiger partial charge in [0, 0.05) is 24.8 Å². The molecular weight excluding hydrogens is 226 g/mol. The number of rotatable bonds is 9. The first-order chi connectivity index (χ1) is 8.83. The van der Waals surface area contributed by atoms with E-state index in [4.69, 9.17) is 9.47 Å². The number of para-hydroxylation sites is 1. The lowest BCUT2D eigenvalue weighted by atomic mass is 10.0. The maximum absolute atomic E-state index is 5.43. The molecule has 0 aliphatic heterocycles. The van der Waals surface area contributed by atoms with Gasteiger partial charge in [0.25, 0.3) is 0 Å². The summed E-state index contributed by atoms with van der Waals surface area (Å²) in [6.45, 7) is 6.73. The molecule has 1 aromatic rings. The predicted molar refractivity (Wildman–Crippen MR) is 75.1 cm³/mol. The van der Waals surface area contributed by atoms with Crippen molar-refractivity contribution in [2.45, 2.75) is 32.7 Å². The highest BCUT2D eigenvalue weighted by atomic mass is 16.5. The Bertz CT molecular complexity index is 328. The van der Waals surface area contributed by atoms with Crippen LogP contribution in [0.2, 0.25) is 0 Å². The number of hydrogen-bond donors (Lipinski definition) is 1. The lowest BCUT2D eigenvalue weighted by Crippen LogP contribution is -2.21. The molecule has 0 bridgehead atoms. The number of methoxy groups -OCH3 is 1. The van der Waals surface area contributed by atoms with Crippen LogP contribution in [0.1, 0.15) is 38.3 Å². The van der Waals surface area contributed by atoms with E-state index in [0.717, 1.165) is 38.3 Å². The van der Waals surface area contributed by atoms with Gasteiger partial charge in [-0.05, 0) is 32.4 Å². The highest BCUT2D eigenvalue weighted by Crippen LogP contribution is 2.27. The molecule has 0 fully saturated rings. The molecule has 0 heterocycles. The van der Waals surface area contributed by atoms with E-state index in [0.29, 0.717) is 6.04 Å². The standard InChI is InChI=1S/C15H25NO2/c1-4-16-14(10-8-12-18-5-2)13-9-6-7-11-15(13)17-3/h6-7,9,11,14,16H,4-5,8,10,12H2,1-3H3. The van der Waals surface area contributed by atoms with E-state index in [-0.39, 0.29) is 0 Å². The highest BCUT2D eigenvalue weighted by molar-refractivity contribution is 5.35. The number of hydrogen-bond acceptors (Lipinski definition) is 3. The molecule has 0 saturated carbocycles. The first-order valence-corrected chi connectivity index (χ1v) is 6.77. The van der Waals surface area contributed by atoms with Crippen LogP contribution in [0.15, 0.2) is 24.3 Å². The Labute approximate surface area is 110 Å². The van der Waals surface area contributed by atoms with E-state index in [1.165, 1.54) is 5.56 Å². The van der Waals surface area contributed by atoms with Gasteiger partial charge in [0.1, 0.15) is 5.75 Å². The van der Waals surface area contributed by atoms with Gasteiger partial charge in [-0.25, -0.2) is 0 Å². The van der Waals surface area contributed by atoms with Crippen LogP contribution in [0.25, 0.3) is 0 Å². The van der Waals surface area contributed by atoms with Crippen molar-refractivity contribution in [2.24, 2.45) is 0 Å². The SMILES string of the molecule is CCNC(CCCOCC)c1ccccc1OC. The molecule has 3 nitrogen and oxygen atoms in total. The monoisotopic (exact) mass is 251 g/mol. The van der Waals surface area contributed by atoms with Crippen LogP contribution < -0.4 is 10.1 Å². The molecule has 1 atom stereocenters. The third-order valence-corrected chi connectivity index (χ3v) is 2.95. The van der Waals surface area contributed by atoms with Gasteiger partial charge in [-0.1, -0.05) is 25.1 Å². The van der Waals surface area contributed by atoms with Crippen LogP contribution in [0.4, 0.5) is 0 Å². The van der Waals surface area contributed by atoms with Crippen molar-refractivity contribution in [3.8, 4) is 5.75 Å². The second-order valence-electron chi connectivity index (χ2n) is 4.19. The Morgan fingerprint density at radius 3 is 2.67 bits per heavy atom. The highest BCUT2D eigenvalue weighted by Gasteiger charge is 2.14. The van der Waals surface area contributed by atoms with Crippen LogP contribution in [-0.2, 0) is 4.74 Å². The van der Waals surface area contributed by atoms with Crippen LogP contribution in [0.5, 0.6) is 5.75 Å². The molecule has 0 spiro atoms. The Hall–Kier alpha value is -1.06. The van der Waals surface area contributed by atoms with Gasteiger partial charge in [-0.2, -0.15) is 0 Å². The largest absolute Gasteiger partial charge is 0.496 e. The molecule has 0 aliphatic carbocycles. The lowest BCUT2D eigenvalue weighted by molar-refractivity contribution is 0.140. The summed E-state index contributed by atoms with van der Waals surface area (Å²) in [6.07, 6.45) is 2.12. The fourth-order valence-corrected chi connectivity index (χ4v) is 2.10. The van der Waals surface area contributed by atoms with Crippen LogP contribution in [0, 0.1) is 0 Å². The summed E-state index contributed by atoms with van der Waals surface area (Å²) in [6, 6.07) is 8.55. The molecule has 1 unspecified atom stereocenters. The molecule has 0 aromatic heterocycles. The van der Waals surface area contributed by atoms with Crippen molar-refractivity contribution >= 4 is 0 Å². The van der Waals surface area contributed by atoms with Crippen molar-refractivity contribution in [2.75, 3.05) is 26.9 Å². The van der Waals surface area contributed by atoms with Gasteiger partial charge in [0.05, 0.1) is 7.11 Å². The quantitative estimate of drug-likeness (QED) is 0.684. The number of ether oxygens (including phenoxy) is 2. The molecular formula is C15H25NO2. The molecule has 3 heteroatoms. The minimum absolute atomic E-state index is 0.339. The number of benzene rings is 1. The van der Waals surface area contributed by atoms with E-state index in [1.807, 2.05) is 19.1 Å². The average Bonchev–Trinajstić information content (AvgIpc) is 2.42. The molecule has 0 amide bonds. The Balaban J connectivity index is 2.64. The fourth-order valence-electron chi connectivity index (χ4n) is 2.10. The summed E-state index contributed by atoms with van der Waals surface area (Å²) < 4.78 is 10.8. The summed E-state index contributed by atoms with van der Waals surface area (Å²) in [5.74, 6) is 0.958. The molecule has 18 heavy (non-hydrogen) atoms. The summed E-state index contributed by atoms with van der Waals surface area (Å²) in [5.41, 5.74) is 1.23. The van der Waals surface area contributed by atoms with Crippen LogP contribution in [0.3, 0.4) is 0 Å². The van der Waals surface area contributed by atoms with Gasteiger partial charge in [-0.15, -0.1) is 0 Å². The van der Waals surface area contributed by atoms with Gasteiger partial charge < -0.3 is 14.8 Å². The average molecular weight is 251 g/mol. The third kappa shape index (κ3) is 4.67. The van der Waals surface area contributed by atoms with Gasteiger partial charge >= 0.3 is 0 Å². The second kappa shape index (κ2) is 8.95. The maximum Gasteiger partial charge on any atom is 0.123 e. The first kappa shape index (κ1) is 15.0. The Morgan fingerprint density at radius 1 is 1.22 bits per heavy atom. The molecule has 102 valence electrons. The molecule has 0 aliphatic rings. The van der Waals surface area contributed by atoms with Crippen molar-refractivity contribution < 1.29 is 9.47 Å². The predicted octanol–water partition coefficient (Wildman–Crippen LogP) is 3.16. The zero-order valence-corrected chi connectivity index (χ0v) is 11.7. The van der Waals surface area contributed by atoms with E-state index >= 15 is 0 Å². The minimum Gasteiger partial charge on any atom is -0.496 e. The van der Waals surface area contributed by atoms with E-state index in [9.17, 15) is 0 Å². The van der Waals surface area contributed by atoms with Gasteiger partial charge in [0.15, 0.2) is 0 Å². The Kier molecular flexibility index (Phi) is 7.46. The Morgan fingerprint density at radius 2 is 2.00 bits per heavy atom. The lowest BCUT2D eigenvalue weighted by Gasteiger charge is -2.20. The molecule has 0 radical (unpaired) electrons. The van der Waals surface area contributed by atoms with E-state index < -0.39 is 0 Å². The summed E-state index contributed by atoms with van der Waals surface area (Å²) in [5, 5.41) is 3.51. The van der Waals surface area contributed by atoms with E-state index in [2.05, 4.69) is 24.4 Å². The first-order valence-electron chi connectivity index (χ1n) is 6.77. The van der Waals surface area contributed by atoms with Crippen LogP contribution >= 0.6 is 0 Å². The second-order valence-corrected chi connectivity index (χ2v) is 4.19. The van der Waals surface area contributed by atoms with Crippen molar-refractivity contribution in [1.29, 1.82) is 0 Å². The van der Waals surface area contributed by atoms with Gasteiger partial charge in [-0.3, -0.25) is 0 Å². The summed E-state index contributed by atoms with van der Waals surface area (Å²) in [4.78, 5) is 0. The van der Waals surface area contributed by atoms with Crippen molar-refractivity contribution in [3.05, 3.63) is 29.8 Å². The third-order valence-electron chi connectivity index (χ3n) is 2.95. The van der Waals surface area contributed by atoms with Crippen molar-refractivity contribution in [1.82, 2.24) is 5.32 Å². The smallest absolute Gasteiger partial charge is 0.123 e. The summed E-state index contributed by atoms with van der Waals surface area (Å²) in [7, 11) is 1.72. The summed E-state index contributed by atoms with van der Waals surface area (Å²) >= 11 is 0. The fraction of sp³-hybridized carbons (Fsp3) is 0.600. The molecule has 1 N–H and O–H groups in total. The topological polar surface area (TPSA) is 30.5 Å².